The summed E-state index contributed by atoms with van der Waals surface area (Å²) in [6.45, 7) is 1.50. The molecule has 2 aromatic carbocycles. The largest absolute Gasteiger partial charge is 0.449 e. The van der Waals surface area contributed by atoms with Crippen LogP contribution in [0.3, 0.4) is 0 Å². The number of amides is 1. The van der Waals surface area contributed by atoms with Crippen LogP contribution in [0.4, 0.5) is 5.69 Å². The number of anilines is 1. The standard InChI is InChI=1S/C18H15Cl2NO3/c1-12(18(23)21-16-9-7-15(20)8-10-16)24-17(22)11-4-13-2-5-14(19)6-3-13/h2-12H,1H3,(H,21,23). The fourth-order valence-corrected chi connectivity index (χ4v) is 2.03. The van der Waals surface area contributed by atoms with Crippen molar-refractivity contribution < 1.29 is 14.3 Å². The first-order valence-electron chi connectivity index (χ1n) is 7.15. The van der Waals surface area contributed by atoms with Gasteiger partial charge in [0.1, 0.15) is 0 Å². The Balaban J connectivity index is 1.87. The zero-order valence-corrected chi connectivity index (χ0v) is 14.3. The van der Waals surface area contributed by atoms with Crippen molar-refractivity contribution in [2.45, 2.75) is 13.0 Å². The summed E-state index contributed by atoms with van der Waals surface area (Å²) in [6.07, 6.45) is 1.92. The third-order valence-corrected chi connectivity index (χ3v) is 3.56. The van der Waals surface area contributed by atoms with Gasteiger partial charge in [-0.3, -0.25) is 4.79 Å². The Morgan fingerprint density at radius 1 is 1.00 bits per heavy atom. The average Bonchev–Trinajstić information content (AvgIpc) is 2.56. The highest BCUT2D eigenvalue weighted by Crippen LogP contribution is 2.14. The SMILES string of the molecule is CC(OC(=O)C=Cc1ccc(Cl)cc1)C(=O)Nc1ccc(Cl)cc1. The van der Waals surface area contributed by atoms with Gasteiger partial charge in [-0.05, 0) is 55.0 Å². The van der Waals surface area contributed by atoms with Crippen molar-refractivity contribution in [2.75, 3.05) is 5.32 Å². The smallest absolute Gasteiger partial charge is 0.331 e. The molecule has 2 aromatic rings. The van der Waals surface area contributed by atoms with Gasteiger partial charge in [0.25, 0.3) is 5.91 Å². The van der Waals surface area contributed by atoms with E-state index in [9.17, 15) is 9.59 Å². The van der Waals surface area contributed by atoms with Crippen LogP contribution in [0.2, 0.25) is 10.0 Å². The third-order valence-electron chi connectivity index (χ3n) is 3.06. The van der Waals surface area contributed by atoms with Gasteiger partial charge in [0.2, 0.25) is 0 Å². The van der Waals surface area contributed by atoms with Gasteiger partial charge in [-0.2, -0.15) is 0 Å². The normalized spacial score (nSPS) is 12.0. The number of carbonyl (C=O) groups excluding carboxylic acids is 2. The van der Waals surface area contributed by atoms with E-state index in [1.54, 1.807) is 54.6 Å². The Bertz CT molecular complexity index is 740. The summed E-state index contributed by atoms with van der Waals surface area (Å²) in [5.74, 6) is -1.03. The van der Waals surface area contributed by atoms with E-state index in [1.807, 2.05) is 0 Å². The zero-order chi connectivity index (χ0) is 17.5. The molecule has 0 aliphatic rings. The molecule has 0 radical (unpaired) electrons. The van der Waals surface area contributed by atoms with Crippen molar-refractivity contribution in [3.63, 3.8) is 0 Å². The topological polar surface area (TPSA) is 55.4 Å². The Hall–Kier alpha value is -2.30. The summed E-state index contributed by atoms with van der Waals surface area (Å²) in [5, 5.41) is 3.82. The van der Waals surface area contributed by atoms with Crippen molar-refractivity contribution in [1.82, 2.24) is 0 Å². The molecule has 0 aliphatic carbocycles. The first-order valence-corrected chi connectivity index (χ1v) is 7.90. The Labute approximate surface area is 150 Å². The van der Waals surface area contributed by atoms with E-state index in [0.717, 1.165) is 5.56 Å². The highest BCUT2D eigenvalue weighted by Gasteiger charge is 2.16. The molecule has 0 fully saturated rings. The van der Waals surface area contributed by atoms with Gasteiger partial charge >= 0.3 is 5.97 Å². The number of ether oxygens (including phenoxy) is 1. The minimum atomic E-state index is -0.928. The van der Waals surface area contributed by atoms with Crippen LogP contribution in [0, 0.1) is 0 Å². The number of benzene rings is 2. The van der Waals surface area contributed by atoms with Crippen molar-refractivity contribution in [2.24, 2.45) is 0 Å². The molecule has 1 N–H and O–H groups in total. The van der Waals surface area contributed by atoms with Gasteiger partial charge in [0.15, 0.2) is 6.10 Å². The molecule has 24 heavy (non-hydrogen) atoms. The maximum atomic E-state index is 12.0. The van der Waals surface area contributed by atoms with Crippen molar-refractivity contribution in [3.05, 3.63) is 70.2 Å². The number of halogens is 2. The van der Waals surface area contributed by atoms with E-state index in [-0.39, 0.29) is 0 Å². The van der Waals surface area contributed by atoms with Gasteiger partial charge in [0.05, 0.1) is 0 Å². The van der Waals surface area contributed by atoms with Crippen LogP contribution in [0.15, 0.2) is 54.6 Å². The van der Waals surface area contributed by atoms with Crippen LogP contribution in [0.25, 0.3) is 6.08 Å². The maximum absolute atomic E-state index is 12.0. The van der Waals surface area contributed by atoms with Crippen LogP contribution < -0.4 is 5.32 Å². The van der Waals surface area contributed by atoms with E-state index < -0.39 is 18.0 Å². The Kier molecular flexibility index (Phi) is 6.41. The zero-order valence-electron chi connectivity index (χ0n) is 12.8. The quantitative estimate of drug-likeness (QED) is 0.624. The number of nitrogens with one attached hydrogen (secondary N) is 1. The number of rotatable bonds is 5. The molecule has 0 saturated carbocycles. The molecule has 0 bridgehead atoms. The molecule has 4 nitrogen and oxygen atoms in total. The second kappa shape index (κ2) is 8.52. The first-order chi connectivity index (χ1) is 11.4. The van der Waals surface area contributed by atoms with Gasteiger partial charge in [-0.15, -0.1) is 0 Å². The molecule has 2 rings (SSSR count). The molecular weight excluding hydrogens is 349 g/mol. The van der Waals surface area contributed by atoms with Gasteiger partial charge in [-0.1, -0.05) is 35.3 Å². The lowest BCUT2D eigenvalue weighted by atomic mass is 10.2. The molecule has 0 heterocycles. The summed E-state index contributed by atoms with van der Waals surface area (Å²) in [6, 6.07) is 13.6. The van der Waals surface area contributed by atoms with Crippen molar-refractivity contribution in [1.29, 1.82) is 0 Å². The lowest BCUT2D eigenvalue weighted by Crippen LogP contribution is -2.29. The van der Waals surface area contributed by atoms with Crippen LogP contribution >= 0.6 is 23.2 Å². The van der Waals surface area contributed by atoms with Crippen LogP contribution in [-0.2, 0) is 14.3 Å². The molecule has 6 heteroatoms. The van der Waals surface area contributed by atoms with E-state index >= 15 is 0 Å². The minimum Gasteiger partial charge on any atom is -0.449 e. The predicted octanol–water partition coefficient (Wildman–Crippen LogP) is 4.58. The number of esters is 1. The number of hydrogen-bond donors (Lipinski definition) is 1. The van der Waals surface area contributed by atoms with Gasteiger partial charge < -0.3 is 10.1 Å². The molecule has 0 spiro atoms. The van der Waals surface area contributed by atoms with Crippen molar-refractivity contribution in [3.8, 4) is 0 Å². The molecule has 1 unspecified atom stereocenters. The van der Waals surface area contributed by atoms with Crippen LogP contribution in [0.1, 0.15) is 12.5 Å². The van der Waals surface area contributed by atoms with Gasteiger partial charge in [-0.25, -0.2) is 4.79 Å². The Morgan fingerprint density at radius 3 is 2.12 bits per heavy atom. The molecule has 1 atom stereocenters. The van der Waals surface area contributed by atoms with Crippen molar-refractivity contribution >= 4 is 46.8 Å². The van der Waals surface area contributed by atoms with E-state index in [1.165, 1.54) is 13.0 Å². The third kappa shape index (κ3) is 5.72. The summed E-state index contributed by atoms with van der Waals surface area (Å²) in [7, 11) is 0. The molecule has 0 aromatic heterocycles. The van der Waals surface area contributed by atoms with E-state index in [0.29, 0.717) is 15.7 Å². The number of carbonyl (C=O) groups is 2. The Morgan fingerprint density at radius 2 is 1.54 bits per heavy atom. The molecule has 0 aliphatic heterocycles. The maximum Gasteiger partial charge on any atom is 0.331 e. The van der Waals surface area contributed by atoms with E-state index in [2.05, 4.69) is 5.32 Å². The fourth-order valence-electron chi connectivity index (χ4n) is 1.78. The lowest BCUT2D eigenvalue weighted by Gasteiger charge is -2.12. The highest BCUT2D eigenvalue weighted by atomic mass is 35.5. The second-order valence-electron chi connectivity index (χ2n) is 4.96. The molecular formula is C18H15Cl2NO3. The summed E-state index contributed by atoms with van der Waals surface area (Å²) in [5.41, 5.74) is 1.37. The van der Waals surface area contributed by atoms with E-state index in [4.69, 9.17) is 27.9 Å². The van der Waals surface area contributed by atoms with Gasteiger partial charge in [0, 0.05) is 21.8 Å². The van der Waals surface area contributed by atoms with Crippen LogP contribution in [-0.4, -0.2) is 18.0 Å². The first kappa shape index (κ1) is 18.0. The monoisotopic (exact) mass is 363 g/mol. The molecule has 0 saturated heterocycles. The summed E-state index contributed by atoms with van der Waals surface area (Å²) in [4.78, 5) is 23.7. The average molecular weight is 364 g/mol. The summed E-state index contributed by atoms with van der Waals surface area (Å²) >= 11 is 11.6. The number of hydrogen-bond acceptors (Lipinski definition) is 3. The molecule has 1 amide bonds. The summed E-state index contributed by atoms with van der Waals surface area (Å²) < 4.78 is 5.06. The molecule has 124 valence electrons. The highest BCUT2D eigenvalue weighted by molar-refractivity contribution is 6.30. The van der Waals surface area contributed by atoms with Crippen LogP contribution in [0.5, 0.6) is 0 Å². The predicted molar refractivity (Wildman–Crippen MR) is 96.1 cm³/mol. The second-order valence-corrected chi connectivity index (χ2v) is 5.83. The lowest BCUT2D eigenvalue weighted by molar-refractivity contribution is -0.148. The fraction of sp³-hybridized carbons (Fsp3) is 0.111. The minimum absolute atomic E-state index is 0.425.